The van der Waals surface area contributed by atoms with Crippen molar-refractivity contribution in [3.05, 3.63) is 42.4 Å². The molecule has 2 amide bonds. The highest BCUT2D eigenvalue weighted by Gasteiger charge is 2.22. The van der Waals surface area contributed by atoms with Crippen molar-refractivity contribution < 1.29 is 18.7 Å². The molecule has 2 aromatic rings. The smallest absolute Gasteiger partial charge is 0.291 e. The second kappa shape index (κ2) is 4.73. The number of benzene rings is 1. The number of ether oxygens (including phenoxy) is 1. The molecule has 20 heavy (non-hydrogen) atoms. The zero-order valence-electron chi connectivity index (χ0n) is 10.8. The molecule has 0 spiro atoms. The molecule has 6 nitrogen and oxygen atoms in total. The van der Waals surface area contributed by atoms with Crippen molar-refractivity contribution in [3.8, 4) is 5.75 Å². The van der Waals surface area contributed by atoms with E-state index in [1.807, 2.05) is 0 Å². The Kier molecular flexibility index (Phi) is 2.90. The van der Waals surface area contributed by atoms with Crippen molar-refractivity contribution in [2.75, 3.05) is 23.9 Å². The molecule has 1 aliphatic rings. The minimum absolute atomic E-state index is 0.0294. The maximum absolute atomic E-state index is 11.9. The van der Waals surface area contributed by atoms with Crippen LogP contribution in [-0.2, 0) is 4.79 Å². The largest absolute Gasteiger partial charge is 0.482 e. The van der Waals surface area contributed by atoms with Crippen LogP contribution in [0, 0.1) is 0 Å². The number of carbonyl (C=O) groups excluding carboxylic acids is 2. The minimum atomic E-state index is -0.347. The molecule has 1 aromatic heterocycles. The summed E-state index contributed by atoms with van der Waals surface area (Å²) in [4.78, 5) is 24.9. The number of furan rings is 1. The third-order valence-electron chi connectivity index (χ3n) is 3.05. The van der Waals surface area contributed by atoms with Gasteiger partial charge in [-0.3, -0.25) is 9.59 Å². The average molecular weight is 272 g/mol. The summed E-state index contributed by atoms with van der Waals surface area (Å²) in [6.45, 7) is 0.0294. The zero-order chi connectivity index (χ0) is 14.1. The van der Waals surface area contributed by atoms with Gasteiger partial charge in [0.25, 0.3) is 11.8 Å². The first-order valence-corrected chi connectivity index (χ1v) is 6.03. The summed E-state index contributed by atoms with van der Waals surface area (Å²) in [5.74, 6) is 0.360. The fourth-order valence-electron chi connectivity index (χ4n) is 1.95. The average Bonchev–Trinajstić information content (AvgIpc) is 2.98. The molecule has 2 heterocycles. The van der Waals surface area contributed by atoms with Gasteiger partial charge in [-0.1, -0.05) is 0 Å². The van der Waals surface area contributed by atoms with Crippen LogP contribution in [0.4, 0.5) is 11.4 Å². The molecule has 1 N–H and O–H groups in total. The van der Waals surface area contributed by atoms with Gasteiger partial charge < -0.3 is 19.4 Å². The van der Waals surface area contributed by atoms with Crippen LogP contribution in [0.1, 0.15) is 10.6 Å². The standard InChI is InChI=1S/C14H12N2O4/c1-16-10-7-9(4-5-11(10)20-8-13(16)17)15-14(18)12-3-2-6-19-12/h2-7H,8H2,1H3,(H,15,18). The summed E-state index contributed by atoms with van der Waals surface area (Å²) in [5.41, 5.74) is 1.19. The Hall–Kier alpha value is -2.76. The number of amides is 2. The predicted octanol–water partition coefficient (Wildman–Crippen LogP) is 1.89. The number of hydrogen-bond acceptors (Lipinski definition) is 4. The second-order valence-electron chi connectivity index (χ2n) is 4.36. The van der Waals surface area contributed by atoms with Crippen molar-refractivity contribution in [2.24, 2.45) is 0 Å². The summed E-state index contributed by atoms with van der Waals surface area (Å²) < 4.78 is 10.3. The molecular weight excluding hydrogens is 260 g/mol. The van der Waals surface area contributed by atoms with E-state index in [4.69, 9.17) is 9.15 Å². The van der Waals surface area contributed by atoms with Crippen molar-refractivity contribution in [1.29, 1.82) is 0 Å². The molecule has 0 saturated heterocycles. The van der Waals surface area contributed by atoms with Gasteiger partial charge in [0.15, 0.2) is 12.4 Å². The number of anilines is 2. The number of nitrogens with one attached hydrogen (secondary N) is 1. The molecule has 3 rings (SSSR count). The molecule has 0 saturated carbocycles. The van der Waals surface area contributed by atoms with E-state index >= 15 is 0 Å². The van der Waals surface area contributed by atoms with Crippen molar-refractivity contribution in [3.63, 3.8) is 0 Å². The topological polar surface area (TPSA) is 71.8 Å². The van der Waals surface area contributed by atoms with Gasteiger partial charge in [-0.05, 0) is 30.3 Å². The highest BCUT2D eigenvalue weighted by molar-refractivity contribution is 6.03. The Bertz CT molecular complexity index is 664. The lowest BCUT2D eigenvalue weighted by Crippen LogP contribution is -2.35. The first-order valence-electron chi connectivity index (χ1n) is 6.03. The Morgan fingerprint density at radius 3 is 2.95 bits per heavy atom. The van der Waals surface area contributed by atoms with Crippen LogP contribution in [-0.4, -0.2) is 25.5 Å². The number of carbonyl (C=O) groups is 2. The van der Waals surface area contributed by atoms with Crippen molar-refractivity contribution in [1.82, 2.24) is 0 Å². The van der Waals surface area contributed by atoms with Crippen molar-refractivity contribution >= 4 is 23.2 Å². The summed E-state index contributed by atoms with van der Waals surface area (Å²) in [7, 11) is 1.67. The van der Waals surface area contributed by atoms with Crippen LogP contribution >= 0.6 is 0 Å². The minimum Gasteiger partial charge on any atom is -0.482 e. The van der Waals surface area contributed by atoms with E-state index in [1.165, 1.54) is 11.2 Å². The van der Waals surface area contributed by atoms with Gasteiger partial charge in [0.05, 0.1) is 12.0 Å². The zero-order valence-corrected chi connectivity index (χ0v) is 10.8. The first kappa shape index (κ1) is 12.3. The van der Waals surface area contributed by atoms with Crippen LogP contribution in [0.5, 0.6) is 5.75 Å². The predicted molar refractivity (Wildman–Crippen MR) is 72.0 cm³/mol. The molecule has 1 aromatic carbocycles. The molecular formula is C14H12N2O4. The second-order valence-corrected chi connectivity index (χ2v) is 4.36. The fraction of sp³-hybridized carbons (Fsp3) is 0.143. The molecule has 6 heteroatoms. The third-order valence-corrected chi connectivity index (χ3v) is 3.05. The SMILES string of the molecule is CN1C(=O)COc2ccc(NC(=O)c3ccco3)cc21. The van der Waals surface area contributed by atoms with Crippen molar-refractivity contribution in [2.45, 2.75) is 0 Å². The number of fused-ring (bicyclic) bond motifs is 1. The fourth-order valence-corrected chi connectivity index (χ4v) is 1.95. The Labute approximate surface area is 114 Å². The molecule has 0 unspecified atom stereocenters. The summed E-state index contributed by atoms with van der Waals surface area (Å²) >= 11 is 0. The maximum atomic E-state index is 11.9. The number of nitrogens with zero attached hydrogens (tertiary/aromatic N) is 1. The van der Waals surface area contributed by atoms with E-state index < -0.39 is 0 Å². The van der Waals surface area contributed by atoms with Gasteiger partial charge in [0.2, 0.25) is 0 Å². The molecule has 102 valence electrons. The van der Waals surface area contributed by atoms with Crippen LogP contribution in [0.15, 0.2) is 41.0 Å². The van der Waals surface area contributed by atoms with Gasteiger partial charge in [0, 0.05) is 12.7 Å². The number of rotatable bonds is 2. The lowest BCUT2D eigenvalue weighted by atomic mass is 10.2. The lowest BCUT2D eigenvalue weighted by Gasteiger charge is -2.26. The normalized spacial score (nSPS) is 13.7. The van der Waals surface area contributed by atoms with Gasteiger partial charge in [-0.2, -0.15) is 0 Å². The maximum Gasteiger partial charge on any atom is 0.291 e. The van der Waals surface area contributed by atoms with E-state index in [9.17, 15) is 9.59 Å². The van der Waals surface area contributed by atoms with Gasteiger partial charge in [-0.15, -0.1) is 0 Å². The van der Waals surface area contributed by atoms with E-state index in [0.717, 1.165) is 0 Å². The molecule has 0 fully saturated rings. The van der Waals surface area contributed by atoms with Crippen LogP contribution in [0.25, 0.3) is 0 Å². The molecule has 0 atom stereocenters. The number of likely N-dealkylation sites (N-methyl/N-ethyl adjacent to an activating group) is 1. The summed E-state index contributed by atoms with van der Waals surface area (Å²) in [6.07, 6.45) is 1.43. The van der Waals surface area contributed by atoms with Crippen LogP contribution < -0.4 is 15.0 Å². The summed E-state index contributed by atoms with van der Waals surface area (Å²) in [6, 6.07) is 8.33. The third kappa shape index (κ3) is 2.11. The molecule has 0 aliphatic carbocycles. The highest BCUT2D eigenvalue weighted by Crippen LogP contribution is 2.33. The van der Waals surface area contributed by atoms with Gasteiger partial charge in [-0.25, -0.2) is 0 Å². The van der Waals surface area contributed by atoms with Crippen LogP contribution in [0.2, 0.25) is 0 Å². The van der Waals surface area contributed by atoms with E-state index in [2.05, 4.69) is 5.32 Å². The van der Waals surface area contributed by atoms with E-state index in [-0.39, 0.29) is 24.2 Å². The van der Waals surface area contributed by atoms with E-state index in [0.29, 0.717) is 17.1 Å². The Morgan fingerprint density at radius 1 is 1.35 bits per heavy atom. The van der Waals surface area contributed by atoms with Crippen LogP contribution in [0.3, 0.4) is 0 Å². The highest BCUT2D eigenvalue weighted by atomic mass is 16.5. The first-order chi connectivity index (χ1) is 9.65. The Balaban J connectivity index is 1.85. The van der Waals surface area contributed by atoms with E-state index in [1.54, 1.807) is 37.4 Å². The quantitative estimate of drug-likeness (QED) is 0.906. The number of hydrogen-bond donors (Lipinski definition) is 1. The Morgan fingerprint density at radius 2 is 2.20 bits per heavy atom. The lowest BCUT2D eigenvalue weighted by molar-refractivity contribution is -0.120. The summed E-state index contributed by atoms with van der Waals surface area (Å²) in [5, 5.41) is 2.70. The molecule has 1 aliphatic heterocycles. The monoisotopic (exact) mass is 272 g/mol. The molecule has 0 bridgehead atoms. The van der Waals surface area contributed by atoms with Gasteiger partial charge in [0.1, 0.15) is 5.75 Å². The van der Waals surface area contributed by atoms with Gasteiger partial charge >= 0.3 is 0 Å². The molecule has 0 radical (unpaired) electrons.